The van der Waals surface area contributed by atoms with Gasteiger partial charge in [-0.25, -0.2) is 8.78 Å². The first-order valence-corrected chi connectivity index (χ1v) is 6.42. The van der Waals surface area contributed by atoms with Gasteiger partial charge in [0.1, 0.15) is 6.54 Å². The number of rotatable bonds is 3. The Morgan fingerprint density at radius 1 is 1.05 bits per heavy atom. The van der Waals surface area contributed by atoms with Gasteiger partial charge in [0, 0.05) is 23.5 Å². The highest BCUT2D eigenvalue weighted by Gasteiger charge is 2.08. The zero-order chi connectivity index (χ0) is 14.8. The Labute approximate surface area is 119 Å². The fraction of sp³-hybridized carbons (Fsp3) is 0.0625. The number of fused-ring (bicyclic) bond motifs is 1. The molecule has 3 rings (SSSR count). The zero-order valence-electron chi connectivity index (χ0n) is 11.0. The molecular weight excluding hydrogens is 274 g/mol. The molecule has 0 unspecified atom stereocenters. The normalized spacial score (nSPS) is 10.8. The van der Waals surface area contributed by atoms with Gasteiger partial charge in [-0.3, -0.25) is 4.79 Å². The maximum Gasteiger partial charge on any atom is 0.244 e. The second-order valence-corrected chi connectivity index (χ2v) is 4.68. The highest BCUT2D eigenvalue weighted by molar-refractivity contribution is 5.92. The number of halogens is 2. The van der Waals surface area contributed by atoms with Crippen molar-refractivity contribution in [2.45, 2.75) is 6.54 Å². The van der Waals surface area contributed by atoms with E-state index in [4.69, 9.17) is 0 Å². The van der Waals surface area contributed by atoms with E-state index in [1.165, 1.54) is 6.07 Å². The molecular formula is C16H12F2N2O. The second kappa shape index (κ2) is 5.36. The number of carbonyl (C=O) groups is 1. The van der Waals surface area contributed by atoms with Crippen LogP contribution < -0.4 is 5.32 Å². The van der Waals surface area contributed by atoms with Crippen LogP contribution in [0.3, 0.4) is 0 Å². The summed E-state index contributed by atoms with van der Waals surface area (Å²) in [5.74, 6) is -2.23. The molecule has 0 aliphatic heterocycles. The average Bonchev–Trinajstić information content (AvgIpc) is 2.86. The van der Waals surface area contributed by atoms with Crippen LogP contribution in [0, 0.1) is 11.6 Å². The van der Waals surface area contributed by atoms with Gasteiger partial charge in [-0.15, -0.1) is 0 Å². The highest BCUT2D eigenvalue weighted by Crippen LogP contribution is 2.16. The molecule has 1 aromatic heterocycles. The SMILES string of the molecule is O=C(Cn1ccc2ccccc21)Nc1ccc(F)c(F)c1. The molecule has 2 aromatic carbocycles. The molecule has 0 fully saturated rings. The predicted molar refractivity (Wildman–Crippen MR) is 76.9 cm³/mol. The number of amides is 1. The number of nitrogens with one attached hydrogen (secondary N) is 1. The standard InChI is InChI=1S/C16H12F2N2O/c17-13-6-5-12(9-14(13)18)19-16(21)10-20-8-7-11-3-1-2-4-15(11)20/h1-9H,10H2,(H,19,21). The minimum atomic E-state index is -0.987. The molecule has 1 amide bonds. The smallest absolute Gasteiger partial charge is 0.244 e. The first-order chi connectivity index (χ1) is 10.1. The number of para-hydroxylation sites is 1. The van der Waals surface area contributed by atoms with Gasteiger partial charge in [-0.1, -0.05) is 18.2 Å². The van der Waals surface area contributed by atoms with Crippen molar-refractivity contribution >= 4 is 22.5 Å². The van der Waals surface area contributed by atoms with E-state index < -0.39 is 11.6 Å². The summed E-state index contributed by atoms with van der Waals surface area (Å²) in [4.78, 5) is 12.0. The van der Waals surface area contributed by atoms with Gasteiger partial charge in [0.15, 0.2) is 11.6 Å². The molecule has 106 valence electrons. The van der Waals surface area contributed by atoms with E-state index in [9.17, 15) is 13.6 Å². The third kappa shape index (κ3) is 2.76. The van der Waals surface area contributed by atoms with Crippen LogP contribution >= 0.6 is 0 Å². The number of hydrogen-bond donors (Lipinski definition) is 1. The van der Waals surface area contributed by atoms with E-state index in [0.717, 1.165) is 23.0 Å². The van der Waals surface area contributed by atoms with Crippen LogP contribution in [0.5, 0.6) is 0 Å². The molecule has 0 radical (unpaired) electrons. The third-order valence-electron chi connectivity index (χ3n) is 3.20. The number of carbonyl (C=O) groups excluding carboxylic acids is 1. The molecule has 5 heteroatoms. The van der Waals surface area contributed by atoms with Crippen molar-refractivity contribution < 1.29 is 13.6 Å². The van der Waals surface area contributed by atoms with Gasteiger partial charge in [0.25, 0.3) is 0 Å². The monoisotopic (exact) mass is 286 g/mol. The molecule has 0 saturated heterocycles. The summed E-state index contributed by atoms with van der Waals surface area (Å²) in [6.45, 7) is 0.104. The van der Waals surface area contributed by atoms with E-state index in [2.05, 4.69) is 5.32 Å². The Kier molecular flexibility index (Phi) is 3.39. The molecule has 0 atom stereocenters. The fourth-order valence-electron chi connectivity index (χ4n) is 2.21. The maximum atomic E-state index is 13.1. The van der Waals surface area contributed by atoms with Crippen molar-refractivity contribution in [2.75, 3.05) is 5.32 Å². The Morgan fingerprint density at radius 2 is 1.86 bits per heavy atom. The third-order valence-corrected chi connectivity index (χ3v) is 3.20. The second-order valence-electron chi connectivity index (χ2n) is 4.68. The fourth-order valence-corrected chi connectivity index (χ4v) is 2.21. The quantitative estimate of drug-likeness (QED) is 0.785. The lowest BCUT2D eigenvalue weighted by molar-refractivity contribution is -0.116. The first kappa shape index (κ1) is 13.3. The Morgan fingerprint density at radius 3 is 2.67 bits per heavy atom. The van der Waals surface area contributed by atoms with E-state index in [1.807, 2.05) is 36.5 Å². The summed E-state index contributed by atoms with van der Waals surface area (Å²) in [5, 5.41) is 3.59. The van der Waals surface area contributed by atoms with Gasteiger partial charge in [-0.05, 0) is 29.7 Å². The highest BCUT2D eigenvalue weighted by atomic mass is 19.2. The average molecular weight is 286 g/mol. The molecule has 0 saturated carbocycles. The maximum absolute atomic E-state index is 13.1. The molecule has 3 nitrogen and oxygen atoms in total. The number of aromatic nitrogens is 1. The summed E-state index contributed by atoms with van der Waals surface area (Å²) < 4.78 is 27.7. The summed E-state index contributed by atoms with van der Waals surface area (Å²) in [5.41, 5.74) is 1.17. The predicted octanol–water partition coefficient (Wildman–Crippen LogP) is 3.56. The Balaban J connectivity index is 1.75. The minimum absolute atomic E-state index is 0.104. The van der Waals surface area contributed by atoms with E-state index in [1.54, 1.807) is 4.57 Å². The van der Waals surface area contributed by atoms with Gasteiger partial charge in [0.05, 0.1) is 0 Å². The molecule has 0 aliphatic carbocycles. The molecule has 0 bridgehead atoms. The van der Waals surface area contributed by atoms with Crippen molar-refractivity contribution in [2.24, 2.45) is 0 Å². The molecule has 1 N–H and O–H groups in total. The van der Waals surface area contributed by atoms with Crippen LogP contribution in [0.15, 0.2) is 54.7 Å². The van der Waals surface area contributed by atoms with E-state index >= 15 is 0 Å². The summed E-state index contributed by atoms with van der Waals surface area (Å²) in [6, 6.07) is 12.9. The van der Waals surface area contributed by atoms with Crippen LogP contribution in [-0.4, -0.2) is 10.5 Å². The molecule has 0 spiro atoms. The number of benzene rings is 2. The lowest BCUT2D eigenvalue weighted by Gasteiger charge is -2.07. The van der Waals surface area contributed by atoms with Gasteiger partial charge in [-0.2, -0.15) is 0 Å². The van der Waals surface area contributed by atoms with Crippen LogP contribution in [0.4, 0.5) is 14.5 Å². The first-order valence-electron chi connectivity index (χ1n) is 6.42. The molecule has 3 aromatic rings. The molecule has 21 heavy (non-hydrogen) atoms. The van der Waals surface area contributed by atoms with Crippen molar-refractivity contribution in [3.63, 3.8) is 0 Å². The van der Waals surface area contributed by atoms with Crippen molar-refractivity contribution in [1.82, 2.24) is 4.57 Å². The van der Waals surface area contributed by atoms with Crippen LogP contribution in [0.25, 0.3) is 10.9 Å². The van der Waals surface area contributed by atoms with Crippen molar-refractivity contribution in [1.29, 1.82) is 0 Å². The van der Waals surface area contributed by atoms with Gasteiger partial charge >= 0.3 is 0 Å². The largest absolute Gasteiger partial charge is 0.338 e. The van der Waals surface area contributed by atoms with Gasteiger partial charge in [0.2, 0.25) is 5.91 Å². The van der Waals surface area contributed by atoms with E-state index in [0.29, 0.717) is 0 Å². The zero-order valence-corrected chi connectivity index (χ0v) is 11.0. The van der Waals surface area contributed by atoms with Crippen LogP contribution in [-0.2, 0) is 11.3 Å². The summed E-state index contributed by atoms with van der Waals surface area (Å²) >= 11 is 0. The minimum Gasteiger partial charge on any atom is -0.338 e. The Hall–Kier alpha value is -2.69. The van der Waals surface area contributed by atoms with Crippen molar-refractivity contribution in [3.05, 3.63) is 66.4 Å². The molecule has 0 aliphatic rings. The number of anilines is 1. The van der Waals surface area contributed by atoms with Crippen LogP contribution in [0.2, 0.25) is 0 Å². The van der Waals surface area contributed by atoms with Crippen molar-refractivity contribution in [3.8, 4) is 0 Å². The number of nitrogens with zero attached hydrogens (tertiary/aromatic N) is 1. The lowest BCUT2D eigenvalue weighted by atomic mass is 10.2. The van der Waals surface area contributed by atoms with Crippen LogP contribution in [0.1, 0.15) is 0 Å². The Bertz CT molecular complexity index is 811. The van der Waals surface area contributed by atoms with Gasteiger partial charge < -0.3 is 9.88 Å². The lowest BCUT2D eigenvalue weighted by Crippen LogP contribution is -2.18. The summed E-state index contributed by atoms with van der Waals surface area (Å²) in [6.07, 6.45) is 1.81. The summed E-state index contributed by atoms with van der Waals surface area (Å²) in [7, 11) is 0. The topological polar surface area (TPSA) is 34.0 Å². The number of hydrogen-bond acceptors (Lipinski definition) is 1. The molecule has 1 heterocycles. The van der Waals surface area contributed by atoms with E-state index in [-0.39, 0.29) is 18.1 Å².